The lowest BCUT2D eigenvalue weighted by Gasteiger charge is -2.26. The van der Waals surface area contributed by atoms with Crippen molar-refractivity contribution in [2.45, 2.75) is 25.8 Å². The topological polar surface area (TPSA) is 42.0 Å². The number of alkyl halides is 1. The van der Waals surface area contributed by atoms with Crippen LogP contribution in [0.3, 0.4) is 0 Å². The second-order valence-corrected chi connectivity index (χ2v) is 4.57. The Kier molecular flexibility index (Phi) is 4.56. The van der Waals surface area contributed by atoms with Crippen molar-refractivity contribution in [3.05, 3.63) is 29.0 Å². The summed E-state index contributed by atoms with van der Waals surface area (Å²) in [7, 11) is 0. The number of aromatic nitrogens is 1. The fourth-order valence-electron chi connectivity index (χ4n) is 1.06. The van der Waals surface area contributed by atoms with E-state index in [0.29, 0.717) is 16.6 Å². The van der Waals surface area contributed by atoms with E-state index in [1.807, 2.05) is 13.8 Å². The first kappa shape index (κ1) is 13.3. The van der Waals surface area contributed by atoms with E-state index < -0.39 is 5.54 Å². The lowest BCUT2D eigenvalue weighted by Crippen LogP contribution is -2.47. The molecule has 0 aliphatic carbocycles. The molecule has 1 aromatic heterocycles. The minimum Gasteiger partial charge on any atom is -0.344 e. The highest BCUT2D eigenvalue weighted by molar-refractivity contribution is 6.30. The average molecular weight is 261 g/mol. The molecule has 3 nitrogen and oxygen atoms in total. The van der Waals surface area contributed by atoms with Crippen LogP contribution in [-0.4, -0.2) is 22.3 Å². The second-order valence-electron chi connectivity index (χ2n) is 3.86. The van der Waals surface area contributed by atoms with E-state index in [2.05, 4.69) is 10.3 Å². The smallest absolute Gasteiger partial charge is 0.270 e. The number of hydrogen-bond donors (Lipinski definition) is 1. The van der Waals surface area contributed by atoms with E-state index in [1.54, 1.807) is 12.1 Å². The highest BCUT2D eigenvalue weighted by Gasteiger charge is 2.24. The first-order chi connectivity index (χ1) is 7.50. The Bertz CT molecular complexity index is 361. The predicted octanol–water partition coefficient (Wildman–Crippen LogP) is 2.87. The summed E-state index contributed by atoms with van der Waals surface area (Å²) in [5.74, 6) is 0.129. The Morgan fingerprint density at radius 1 is 1.56 bits per heavy atom. The van der Waals surface area contributed by atoms with Crippen LogP contribution in [0.2, 0.25) is 5.02 Å². The molecule has 1 heterocycles. The van der Waals surface area contributed by atoms with Gasteiger partial charge in [-0.2, -0.15) is 0 Å². The first-order valence-electron chi connectivity index (χ1n) is 5.01. The van der Waals surface area contributed by atoms with Crippen molar-refractivity contribution < 1.29 is 4.79 Å². The van der Waals surface area contributed by atoms with Gasteiger partial charge in [-0.1, -0.05) is 18.5 Å². The zero-order chi connectivity index (χ0) is 12.2. The molecule has 1 amide bonds. The van der Waals surface area contributed by atoms with Crippen LogP contribution in [0, 0.1) is 0 Å². The van der Waals surface area contributed by atoms with Gasteiger partial charge in [0, 0.05) is 12.1 Å². The van der Waals surface area contributed by atoms with Crippen LogP contribution < -0.4 is 5.32 Å². The third-order valence-corrected chi connectivity index (χ3v) is 3.26. The molecule has 16 heavy (non-hydrogen) atoms. The summed E-state index contributed by atoms with van der Waals surface area (Å²) >= 11 is 11.5. The van der Waals surface area contributed by atoms with Crippen LogP contribution in [-0.2, 0) is 0 Å². The molecule has 0 fully saturated rings. The van der Waals surface area contributed by atoms with Gasteiger partial charge in [0.2, 0.25) is 0 Å². The SMILES string of the molecule is CCC(C)(CCl)NC(=O)c1ccc(Cl)cn1. The molecule has 0 aromatic carbocycles. The largest absolute Gasteiger partial charge is 0.344 e. The quantitative estimate of drug-likeness (QED) is 0.847. The first-order valence-corrected chi connectivity index (χ1v) is 5.92. The van der Waals surface area contributed by atoms with E-state index in [1.165, 1.54) is 6.20 Å². The molecule has 0 aliphatic heterocycles. The number of amides is 1. The van der Waals surface area contributed by atoms with Crippen molar-refractivity contribution in [1.82, 2.24) is 10.3 Å². The Morgan fingerprint density at radius 3 is 2.69 bits per heavy atom. The van der Waals surface area contributed by atoms with Crippen LogP contribution in [0.5, 0.6) is 0 Å². The number of halogens is 2. The molecule has 1 rings (SSSR count). The number of hydrogen-bond acceptors (Lipinski definition) is 2. The van der Waals surface area contributed by atoms with Gasteiger partial charge < -0.3 is 5.32 Å². The molecule has 1 atom stereocenters. The molecule has 0 saturated carbocycles. The van der Waals surface area contributed by atoms with Crippen LogP contribution in [0.25, 0.3) is 0 Å². The van der Waals surface area contributed by atoms with Gasteiger partial charge >= 0.3 is 0 Å². The molecule has 0 aliphatic rings. The molecular weight excluding hydrogens is 247 g/mol. The van der Waals surface area contributed by atoms with Gasteiger partial charge in [0.25, 0.3) is 5.91 Å². The summed E-state index contributed by atoms with van der Waals surface area (Å²) in [5.41, 5.74) is -0.0610. The highest BCUT2D eigenvalue weighted by atomic mass is 35.5. The van der Waals surface area contributed by atoms with Crippen LogP contribution in [0.1, 0.15) is 30.8 Å². The van der Waals surface area contributed by atoms with Gasteiger partial charge in [-0.25, -0.2) is 4.98 Å². The van der Waals surface area contributed by atoms with Gasteiger partial charge in [0.15, 0.2) is 0 Å². The Balaban J connectivity index is 2.76. The van der Waals surface area contributed by atoms with E-state index in [-0.39, 0.29) is 5.91 Å². The minimum atomic E-state index is -0.403. The average Bonchev–Trinajstić information content (AvgIpc) is 2.29. The molecule has 5 heteroatoms. The van der Waals surface area contributed by atoms with Crippen LogP contribution in [0.15, 0.2) is 18.3 Å². The molecule has 1 N–H and O–H groups in total. The van der Waals surface area contributed by atoms with Crippen molar-refractivity contribution in [3.8, 4) is 0 Å². The molecule has 1 aromatic rings. The fourth-order valence-corrected chi connectivity index (χ4v) is 1.43. The summed E-state index contributed by atoms with van der Waals surface area (Å²) in [5, 5.41) is 3.36. The van der Waals surface area contributed by atoms with Crippen molar-refractivity contribution in [2.75, 3.05) is 5.88 Å². The maximum absolute atomic E-state index is 11.8. The molecular formula is C11H14Cl2N2O. The normalized spacial score (nSPS) is 14.2. The van der Waals surface area contributed by atoms with Crippen LogP contribution in [0.4, 0.5) is 0 Å². The molecule has 0 saturated heterocycles. The number of rotatable bonds is 4. The van der Waals surface area contributed by atoms with Gasteiger partial charge in [0.1, 0.15) is 5.69 Å². The zero-order valence-corrected chi connectivity index (χ0v) is 10.8. The second kappa shape index (κ2) is 5.51. The van der Waals surface area contributed by atoms with Gasteiger partial charge in [-0.05, 0) is 25.5 Å². The number of carbonyl (C=O) groups excluding carboxylic acids is 1. The summed E-state index contributed by atoms with van der Waals surface area (Å²) < 4.78 is 0. The van der Waals surface area contributed by atoms with Crippen molar-refractivity contribution >= 4 is 29.1 Å². The van der Waals surface area contributed by atoms with Gasteiger partial charge in [0.05, 0.1) is 10.6 Å². The zero-order valence-electron chi connectivity index (χ0n) is 9.26. The molecule has 0 radical (unpaired) electrons. The van der Waals surface area contributed by atoms with E-state index in [4.69, 9.17) is 23.2 Å². The third kappa shape index (κ3) is 3.35. The summed E-state index contributed by atoms with van der Waals surface area (Å²) in [6, 6.07) is 3.22. The summed E-state index contributed by atoms with van der Waals surface area (Å²) in [4.78, 5) is 15.8. The van der Waals surface area contributed by atoms with Crippen LogP contribution >= 0.6 is 23.2 Å². The van der Waals surface area contributed by atoms with Gasteiger partial charge in [-0.3, -0.25) is 4.79 Å². The predicted molar refractivity (Wildman–Crippen MR) is 66.1 cm³/mol. The maximum Gasteiger partial charge on any atom is 0.270 e. The third-order valence-electron chi connectivity index (χ3n) is 2.45. The Morgan fingerprint density at radius 2 is 2.25 bits per heavy atom. The monoisotopic (exact) mass is 260 g/mol. The highest BCUT2D eigenvalue weighted by Crippen LogP contribution is 2.13. The van der Waals surface area contributed by atoms with E-state index >= 15 is 0 Å². The fraction of sp³-hybridized carbons (Fsp3) is 0.455. The molecule has 88 valence electrons. The lowest BCUT2D eigenvalue weighted by atomic mass is 10.0. The Labute approximate surface area is 105 Å². The molecule has 0 spiro atoms. The van der Waals surface area contributed by atoms with Crippen molar-refractivity contribution in [1.29, 1.82) is 0 Å². The summed E-state index contributed by atoms with van der Waals surface area (Å²) in [6.07, 6.45) is 2.20. The molecule has 1 unspecified atom stereocenters. The number of nitrogens with zero attached hydrogens (tertiary/aromatic N) is 1. The maximum atomic E-state index is 11.8. The van der Waals surface area contributed by atoms with Gasteiger partial charge in [-0.15, -0.1) is 11.6 Å². The van der Waals surface area contributed by atoms with Crippen molar-refractivity contribution in [3.63, 3.8) is 0 Å². The van der Waals surface area contributed by atoms with E-state index in [0.717, 1.165) is 6.42 Å². The number of pyridine rings is 1. The minimum absolute atomic E-state index is 0.235. The standard InChI is InChI=1S/C11H14Cl2N2O/c1-3-11(2,7-12)15-10(16)9-5-4-8(13)6-14-9/h4-6H,3,7H2,1-2H3,(H,15,16). The number of nitrogens with one attached hydrogen (secondary N) is 1. The lowest BCUT2D eigenvalue weighted by molar-refractivity contribution is 0.0907. The number of carbonyl (C=O) groups is 1. The molecule has 0 bridgehead atoms. The summed E-state index contributed by atoms with van der Waals surface area (Å²) in [6.45, 7) is 3.87. The van der Waals surface area contributed by atoms with E-state index in [9.17, 15) is 4.79 Å². The van der Waals surface area contributed by atoms with Crippen molar-refractivity contribution in [2.24, 2.45) is 0 Å². The Hall–Kier alpha value is -0.800.